The fourth-order valence-electron chi connectivity index (χ4n) is 2.18. The summed E-state index contributed by atoms with van der Waals surface area (Å²) in [6.45, 7) is 8.15. The molecule has 8 heteroatoms. The number of hydrogen-bond donors (Lipinski definition) is 0. The molecule has 0 unspecified atom stereocenters. The second-order valence-corrected chi connectivity index (χ2v) is 4.35. The lowest BCUT2D eigenvalue weighted by molar-refractivity contribution is -0.384. The van der Waals surface area contributed by atoms with Crippen LogP contribution in [-0.4, -0.2) is 43.8 Å². The lowest BCUT2D eigenvalue weighted by Crippen LogP contribution is -2.50. The highest BCUT2D eigenvalue weighted by Crippen LogP contribution is 2.34. The Labute approximate surface area is 120 Å². The Morgan fingerprint density at radius 1 is 1.62 bits per heavy atom. The summed E-state index contributed by atoms with van der Waals surface area (Å²) in [6.07, 6.45) is 0. The van der Waals surface area contributed by atoms with Gasteiger partial charge in [-0.25, -0.2) is 9.64 Å². The number of nitro benzene ring substituents is 1. The normalized spacial score (nSPS) is 17.9. The number of morpholine rings is 1. The van der Waals surface area contributed by atoms with Gasteiger partial charge in [-0.2, -0.15) is 0 Å². The summed E-state index contributed by atoms with van der Waals surface area (Å²) in [4.78, 5) is 27.0. The van der Waals surface area contributed by atoms with Gasteiger partial charge in [0.25, 0.3) is 5.69 Å². The van der Waals surface area contributed by atoms with Crippen molar-refractivity contribution in [2.45, 2.75) is 6.04 Å². The molecule has 0 saturated carbocycles. The summed E-state index contributed by atoms with van der Waals surface area (Å²) in [5, 5.41) is 10.8. The van der Waals surface area contributed by atoms with E-state index in [0.717, 1.165) is 0 Å². The molecule has 1 aliphatic heterocycles. The molecule has 0 bridgehead atoms. The lowest BCUT2D eigenvalue weighted by Gasteiger charge is -2.36. The Kier molecular flexibility index (Phi) is 4.35. The smallest absolute Gasteiger partial charge is 0.330 e. The largest absolute Gasteiger partial charge is 0.467 e. The van der Waals surface area contributed by atoms with E-state index in [1.54, 1.807) is 4.90 Å². The summed E-state index contributed by atoms with van der Waals surface area (Å²) in [6, 6.07) is 3.33. The van der Waals surface area contributed by atoms with Gasteiger partial charge in [-0.05, 0) is 6.07 Å². The van der Waals surface area contributed by atoms with E-state index in [2.05, 4.69) is 4.85 Å². The molecule has 110 valence electrons. The van der Waals surface area contributed by atoms with Crippen molar-refractivity contribution in [3.05, 3.63) is 39.7 Å². The molecule has 0 N–H and O–H groups in total. The highest BCUT2D eigenvalue weighted by molar-refractivity contribution is 5.84. The summed E-state index contributed by atoms with van der Waals surface area (Å²) in [5.41, 5.74) is 0.432. The van der Waals surface area contributed by atoms with Crippen LogP contribution in [0.4, 0.5) is 17.1 Å². The third-order valence-corrected chi connectivity index (χ3v) is 3.20. The number of esters is 1. The van der Waals surface area contributed by atoms with Crippen molar-refractivity contribution in [2.24, 2.45) is 0 Å². The van der Waals surface area contributed by atoms with Crippen LogP contribution in [0, 0.1) is 16.7 Å². The Morgan fingerprint density at radius 3 is 3.00 bits per heavy atom. The first kappa shape index (κ1) is 14.7. The number of methoxy groups -OCH3 is 1. The van der Waals surface area contributed by atoms with Gasteiger partial charge in [0.2, 0.25) is 5.69 Å². The third-order valence-electron chi connectivity index (χ3n) is 3.20. The number of anilines is 1. The van der Waals surface area contributed by atoms with Crippen LogP contribution >= 0.6 is 0 Å². The van der Waals surface area contributed by atoms with Crippen molar-refractivity contribution in [1.82, 2.24) is 0 Å². The molecule has 1 aliphatic rings. The van der Waals surface area contributed by atoms with Gasteiger partial charge < -0.3 is 14.4 Å². The van der Waals surface area contributed by atoms with Crippen LogP contribution in [0.3, 0.4) is 0 Å². The maximum Gasteiger partial charge on any atom is 0.330 e. The van der Waals surface area contributed by atoms with E-state index in [-0.39, 0.29) is 18.0 Å². The first-order chi connectivity index (χ1) is 10.1. The highest BCUT2D eigenvalue weighted by Gasteiger charge is 2.32. The number of carbonyl (C=O) groups excluding carboxylic acids is 1. The molecule has 0 radical (unpaired) electrons. The van der Waals surface area contributed by atoms with Gasteiger partial charge in [-0.1, -0.05) is 0 Å². The van der Waals surface area contributed by atoms with Crippen molar-refractivity contribution in [1.29, 1.82) is 0 Å². The van der Waals surface area contributed by atoms with Crippen molar-refractivity contribution < 1.29 is 19.2 Å². The van der Waals surface area contributed by atoms with Crippen LogP contribution in [0.25, 0.3) is 4.85 Å². The quantitative estimate of drug-likeness (QED) is 0.363. The van der Waals surface area contributed by atoms with Crippen LogP contribution in [0.2, 0.25) is 0 Å². The number of rotatable bonds is 3. The monoisotopic (exact) mass is 291 g/mol. The van der Waals surface area contributed by atoms with Gasteiger partial charge in [-0.3, -0.25) is 10.1 Å². The van der Waals surface area contributed by atoms with Crippen LogP contribution in [-0.2, 0) is 14.3 Å². The Morgan fingerprint density at radius 2 is 2.38 bits per heavy atom. The molecule has 21 heavy (non-hydrogen) atoms. The zero-order chi connectivity index (χ0) is 15.4. The van der Waals surface area contributed by atoms with E-state index in [4.69, 9.17) is 16.0 Å². The van der Waals surface area contributed by atoms with Gasteiger partial charge in [0.1, 0.15) is 6.04 Å². The second-order valence-electron chi connectivity index (χ2n) is 4.35. The van der Waals surface area contributed by atoms with Crippen molar-refractivity contribution >= 4 is 23.0 Å². The van der Waals surface area contributed by atoms with Crippen molar-refractivity contribution in [3.63, 3.8) is 0 Å². The van der Waals surface area contributed by atoms with E-state index in [1.807, 2.05) is 0 Å². The predicted molar refractivity (Wildman–Crippen MR) is 73.3 cm³/mol. The predicted octanol–water partition coefficient (Wildman–Crippen LogP) is 1.52. The van der Waals surface area contributed by atoms with E-state index < -0.39 is 16.9 Å². The maximum atomic E-state index is 11.8. The van der Waals surface area contributed by atoms with Gasteiger partial charge in [0.15, 0.2) is 0 Å². The minimum Gasteiger partial charge on any atom is -0.467 e. The molecule has 0 amide bonds. The SMILES string of the molecule is [C-]#[N+]c1cc([N+](=O)[O-])ccc1N1CCOC[C@H]1C(=O)OC. The second kappa shape index (κ2) is 6.19. The number of hydrogen-bond acceptors (Lipinski definition) is 6. The van der Waals surface area contributed by atoms with E-state index in [9.17, 15) is 14.9 Å². The van der Waals surface area contributed by atoms with E-state index in [1.165, 1.54) is 25.3 Å². The van der Waals surface area contributed by atoms with Crippen LogP contribution in [0.1, 0.15) is 0 Å². The lowest BCUT2D eigenvalue weighted by atomic mass is 10.1. The molecule has 1 saturated heterocycles. The first-order valence-electron chi connectivity index (χ1n) is 6.16. The zero-order valence-electron chi connectivity index (χ0n) is 11.3. The number of nitrogens with zero attached hydrogens (tertiary/aromatic N) is 3. The molecular formula is C13H13N3O5. The number of non-ortho nitro benzene ring substituents is 1. The molecular weight excluding hydrogens is 278 g/mol. The van der Waals surface area contributed by atoms with Crippen LogP contribution in [0.15, 0.2) is 18.2 Å². The standard InChI is InChI=1S/C13H13N3O5/c1-14-10-7-9(16(18)19)3-4-11(10)15-5-6-21-8-12(15)13(17)20-2/h3-4,7,12H,5-6,8H2,2H3/t12-/m0/s1. The van der Waals surface area contributed by atoms with Gasteiger partial charge in [0, 0.05) is 24.4 Å². The van der Waals surface area contributed by atoms with Crippen molar-refractivity contribution in [2.75, 3.05) is 31.8 Å². The molecule has 0 aliphatic carbocycles. The fourth-order valence-corrected chi connectivity index (χ4v) is 2.18. The molecule has 1 heterocycles. The van der Waals surface area contributed by atoms with Gasteiger partial charge in [-0.15, -0.1) is 0 Å². The average molecular weight is 291 g/mol. The van der Waals surface area contributed by atoms with Crippen LogP contribution in [0.5, 0.6) is 0 Å². The molecule has 0 aromatic heterocycles. The molecule has 0 spiro atoms. The summed E-state index contributed by atoms with van der Waals surface area (Å²) in [7, 11) is 1.28. The average Bonchev–Trinajstić information content (AvgIpc) is 2.53. The fraction of sp³-hybridized carbons (Fsp3) is 0.385. The minimum atomic E-state index is -0.661. The van der Waals surface area contributed by atoms with Crippen molar-refractivity contribution in [3.8, 4) is 0 Å². The Balaban J connectivity index is 2.41. The Hall–Kier alpha value is -2.66. The molecule has 1 aromatic rings. The Bertz CT molecular complexity index is 610. The summed E-state index contributed by atoms with van der Waals surface area (Å²) < 4.78 is 9.99. The molecule has 1 aromatic carbocycles. The first-order valence-corrected chi connectivity index (χ1v) is 6.16. The van der Waals surface area contributed by atoms with E-state index >= 15 is 0 Å². The highest BCUT2D eigenvalue weighted by atomic mass is 16.6. The van der Waals surface area contributed by atoms with Gasteiger partial charge >= 0.3 is 5.97 Å². The topological polar surface area (TPSA) is 86.3 Å². The number of benzene rings is 1. The molecule has 1 fully saturated rings. The minimum absolute atomic E-state index is 0.125. The number of nitro groups is 1. The molecule has 8 nitrogen and oxygen atoms in total. The summed E-state index contributed by atoms with van der Waals surface area (Å²) >= 11 is 0. The molecule has 2 rings (SSSR count). The number of ether oxygens (including phenoxy) is 2. The maximum absolute atomic E-state index is 11.8. The van der Waals surface area contributed by atoms with Gasteiger partial charge in [0.05, 0.1) is 31.8 Å². The number of carbonyl (C=O) groups is 1. The van der Waals surface area contributed by atoms with Crippen LogP contribution < -0.4 is 4.90 Å². The summed E-state index contributed by atoms with van der Waals surface area (Å²) in [5.74, 6) is -0.469. The zero-order valence-corrected chi connectivity index (χ0v) is 11.3. The third kappa shape index (κ3) is 2.93. The molecule has 1 atom stereocenters. The van der Waals surface area contributed by atoms with E-state index in [0.29, 0.717) is 18.8 Å².